The topological polar surface area (TPSA) is 125 Å². The van der Waals surface area contributed by atoms with Crippen LogP contribution >= 0.6 is 0 Å². The molecule has 10 nitrogen and oxygen atoms in total. The van der Waals surface area contributed by atoms with Gasteiger partial charge >= 0.3 is 12.3 Å². The molecule has 0 aliphatic carbocycles. The number of alkyl halides is 3. The molecule has 2 atom stereocenters. The van der Waals surface area contributed by atoms with Crippen molar-refractivity contribution in [2.45, 2.75) is 71.8 Å². The van der Waals surface area contributed by atoms with Crippen LogP contribution in [-0.2, 0) is 40.1 Å². The largest absolute Gasteiger partial charge is 0.441 e. The summed E-state index contributed by atoms with van der Waals surface area (Å²) in [6.07, 6.45) is -6.48. The Balaban J connectivity index is 0.00000484. The van der Waals surface area contributed by atoms with Crippen LogP contribution in [-0.4, -0.2) is 50.4 Å². The Bertz CT molecular complexity index is 1360. The Morgan fingerprint density at radius 1 is 1.05 bits per heavy atom. The molecule has 13 heteroatoms. The molecule has 1 aliphatic rings. The minimum absolute atomic E-state index is 0. The lowest BCUT2D eigenvalue weighted by molar-refractivity contribution is -0.139. The van der Waals surface area contributed by atoms with E-state index in [1.807, 2.05) is 30.3 Å². The maximum atomic E-state index is 13.4. The van der Waals surface area contributed by atoms with Gasteiger partial charge in [-0.05, 0) is 32.4 Å². The molecule has 0 bridgehead atoms. The molecule has 2 heterocycles. The fourth-order valence-electron chi connectivity index (χ4n) is 4.39. The van der Waals surface area contributed by atoms with Crippen molar-refractivity contribution < 1.29 is 32.2 Å². The van der Waals surface area contributed by atoms with E-state index in [4.69, 9.17) is 15.2 Å². The van der Waals surface area contributed by atoms with Gasteiger partial charge in [0.1, 0.15) is 12.1 Å². The summed E-state index contributed by atoms with van der Waals surface area (Å²) in [5.41, 5.74) is 4.81. The van der Waals surface area contributed by atoms with Crippen molar-refractivity contribution in [1.29, 1.82) is 0 Å². The number of ether oxygens (including phenoxy) is 2. The third kappa shape index (κ3) is 7.85. The first-order valence-electron chi connectivity index (χ1n) is 13.1. The van der Waals surface area contributed by atoms with Crippen LogP contribution < -0.4 is 11.1 Å². The molecule has 42 heavy (non-hydrogen) atoms. The molecule has 0 radical (unpaired) electrons. The second-order valence-corrected chi connectivity index (χ2v) is 10.4. The normalized spacial score (nSPS) is 14.8. The molecule has 0 spiro atoms. The van der Waals surface area contributed by atoms with E-state index in [1.54, 1.807) is 18.4 Å². The van der Waals surface area contributed by atoms with Gasteiger partial charge in [0.25, 0.3) is 0 Å². The first kappa shape index (κ1) is 32.5. The van der Waals surface area contributed by atoms with Gasteiger partial charge in [-0.3, -0.25) is 9.69 Å². The molecule has 0 saturated carbocycles. The van der Waals surface area contributed by atoms with Gasteiger partial charge < -0.3 is 25.1 Å². The van der Waals surface area contributed by atoms with Gasteiger partial charge in [-0.15, -0.1) is 10.2 Å². The second kappa shape index (κ2) is 13.3. The highest BCUT2D eigenvalue weighted by atomic mass is 19.4. The van der Waals surface area contributed by atoms with Gasteiger partial charge in [-0.1, -0.05) is 56.0 Å². The summed E-state index contributed by atoms with van der Waals surface area (Å²) in [5.74, 6) is 0.462. The van der Waals surface area contributed by atoms with Crippen molar-refractivity contribution in [3.8, 4) is 0 Å². The minimum atomic E-state index is -4.58. The van der Waals surface area contributed by atoms with Crippen LogP contribution in [0, 0.1) is 0 Å². The maximum absolute atomic E-state index is 13.4. The smallest absolute Gasteiger partial charge is 0.416 e. The summed E-state index contributed by atoms with van der Waals surface area (Å²) >= 11 is 0. The summed E-state index contributed by atoms with van der Waals surface area (Å²) in [6.45, 7) is 5.46. The van der Waals surface area contributed by atoms with Crippen LogP contribution in [0.25, 0.3) is 0 Å². The SMILES string of the molecule is C.CC(OC(=O)N1CCn2c(nnc2[C@@H](COCc2ccccc2)NC(=O)C(C)(C)N)C1)c1ccccc1C(F)(F)F. The number of carbonyl (C=O) groups excluding carboxylic acids is 2. The van der Waals surface area contributed by atoms with Crippen molar-refractivity contribution in [1.82, 2.24) is 25.0 Å². The summed E-state index contributed by atoms with van der Waals surface area (Å²) < 4.78 is 53.4. The molecule has 1 unspecified atom stereocenters. The van der Waals surface area contributed by atoms with Crippen molar-refractivity contribution in [3.05, 3.63) is 82.9 Å². The van der Waals surface area contributed by atoms with E-state index in [2.05, 4.69) is 15.5 Å². The van der Waals surface area contributed by atoms with Crippen LogP contribution in [0.5, 0.6) is 0 Å². The van der Waals surface area contributed by atoms with Crippen molar-refractivity contribution in [2.75, 3.05) is 13.2 Å². The molecule has 4 rings (SSSR count). The van der Waals surface area contributed by atoms with E-state index in [1.165, 1.54) is 30.0 Å². The van der Waals surface area contributed by atoms with Crippen LogP contribution in [0.3, 0.4) is 0 Å². The van der Waals surface area contributed by atoms with Crippen LogP contribution in [0.1, 0.15) is 68.7 Å². The summed E-state index contributed by atoms with van der Waals surface area (Å²) in [6, 6.07) is 13.9. The Morgan fingerprint density at radius 2 is 1.71 bits per heavy atom. The number of benzene rings is 2. The zero-order chi connectivity index (χ0) is 29.8. The summed E-state index contributed by atoms with van der Waals surface area (Å²) in [7, 11) is 0. The van der Waals surface area contributed by atoms with Gasteiger partial charge in [-0.2, -0.15) is 13.2 Å². The number of rotatable bonds is 9. The quantitative estimate of drug-likeness (QED) is 0.368. The third-order valence-corrected chi connectivity index (χ3v) is 6.62. The van der Waals surface area contributed by atoms with E-state index in [9.17, 15) is 22.8 Å². The Hall–Kier alpha value is -3.97. The van der Waals surface area contributed by atoms with Gasteiger partial charge in [-0.25, -0.2) is 4.79 Å². The Kier molecular flexibility index (Phi) is 10.3. The van der Waals surface area contributed by atoms with E-state index in [-0.39, 0.29) is 39.2 Å². The van der Waals surface area contributed by atoms with E-state index in [0.29, 0.717) is 18.3 Å². The van der Waals surface area contributed by atoms with Crippen LogP contribution in [0.15, 0.2) is 54.6 Å². The molecular weight excluding hydrogens is 553 g/mol. The maximum Gasteiger partial charge on any atom is 0.416 e. The van der Waals surface area contributed by atoms with E-state index in [0.717, 1.165) is 11.6 Å². The number of carbonyl (C=O) groups is 2. The summed E-state index contributed by atoms with van der Waals surface area (Å²) in [4.78, 5) is 27.0. The molecule has 0 saturated heterocycles. The first-order chi connectivity index (χ1) is 19.3. The standard InChI is InChI=1S/C28H33F3N6O4.CH4/c1-18(20-11-7-8-12-21(20)28(29,30)31)41-26(39)36-13-14-37-23(15-36)34-35-24(37)22(33-25(38)27(2,3)32)17-40-16-19-9-5-4-6-10-19;/h4-12,18,22H,13-17,32H2,1-3H3,(H,33,38);1H4/t18?,22-;/m1./s1. The third-order valence-electron chi connectivity index (χ3n) is 6.62. The molecule has 1 aliphatic heterocycles. The number of nitrogens with two attached hydrogens (primary N) is 1. The fourth-order valence-corrected chi connectivity index (χ4v) is 4.39. The molecule has 2 amide bonds. The molecule has 3 N–H and O–H groups in total. The molecule has 0 fully saturated rings. The number of hydrogen-bond donors (Lipinski definition) is 2. The van der Waals surface area contributed by atoms with Crippen molar-refractivity contribution in [3.63, 3.8) is 0 Å². The molecule has 3 aromatic rings. The zero-order valence-corrected chi connectivity index (χ0v) is 23.0. The van der Waals surface area contributed by atoms with Gasteiger partial charge in [0, 0.05) is 18.7 Å². The number of amides is 2. The highest BCUT2D eigenvalue weighted by Crippen LogP contribution is 2.35. The molecule has 228 valence electrons. The van der Waals surface area contributed by atoms with E-state index >= 15 is 0 Å². The van der Waals surface area contributed by atoms with Crippen LogP contribution in [0.2, 0.25) is 0 Å². The fraction of sp³-hybridized carbons (Fsp3) is 0.448. The zero-order valence-electron chi connectivity index (χ0n) is 23.0. The average Bonchev–Trinajstić information content (AvgIpc) is 3.35. The number of hydrogen-bond acceptors (Lipinski definition) is 7. The Labute approximate surface area is 243 Å². The molecule has 2 aromatic carbocycles. The minimum Gasteiger partial charge on any atom is -0.441 e. The highest BCUT2D eigenvalue weighted by Gasteiger charge is 2.36. The van der Waals surface area contributed by atoms with Crippen molar-refractivity contribution >= 4 is 12.0 Å². The Morgan fingerprint density at radius 3 is 2.38 bits per heavy atom. The van der Waals surface area contributed by atoms with Gasteiger partial charge in [0.05, 0.1) is 30.9 Å². The van der Waals surface area contributed by atoms with Gasteiger partial charge in [0.2, 0.25) is 5.91 Å². The lowest BCUT2D eigenvalue weighted by Gasteiger charge is -2.30. The predicted octanol–water partition coefficient (Wildman–Crippen LogP) is 4.76. The lowest BCUT2D eigenvalue weighted by Crippen LogP contribution is -2.51. The van der Waals surface area contributed by atoms with E-state index < -0.39 is 41.4 Å². The molecular formula is C29H37F3N6O4. The second-order valence-electron chi connectivity index (χ2n) is 10.4. The highest BCUT2D eigenvalue weighted by molar-refractivity contribution is 5.85. The molecule has 1 aromatic heterocycles. The van der Waals surface area contributed by atoms with Gasteiger partial charge in [0.15, 0.2) is 11.6 Å². The van der Waals surface area contributed by atoms with Crippen molar-refractivity contribution in [2.24, 2.45) is 5.73 Å². The number of nitrogens with zero attached hydrogens (tertiary/aromatic N) is 4. The number of halogens is 3. The number of aromatic nitrogens is 3. The lowest BCUT2D eigenvalue weighted by atomic mass is 10.0. The number of fused-ring (bicyclic) bond motifs is 1. The summed E-state index contributed by atoms with van der Waals surface area (Å²) in [5, 5.41) is 11.4. The predicted molar refractivity (Wildman–Crippen MR) is 149 cm³/mol. The van der Waals surface area contributed by atoms with Crippen LogP contribution in [0.4, 0.5) is 18.0 Å². The average molecular weight is 591 g/mol. The monoisotopic (exact) mass is 590 g/mol. The number of nitrogens with one attached hydrogen (secondary N) is 1. The first-order valence-corrected chi connectivity index (χ1v) is 13.1.